The summed E-state index contributed by atoms with van der Waals surface area (Å²) < 4.78 is 1.91. The summed E-state index contributed by atoms with van der Waals surface area (Å²) in [5.41, 5.74) is 0.689. The van der Waals surface area contributed by atoms with Crippen LogP contribution in [-0.4, -0.2) is 68.8 Å². The Morgan fingerprint density at radius 3 is 2.54 bits per heavy atom. The van der Waals surface area contributed by atoms with E-state index in [9.17, 15) is 9.59 Å². The summed E-state index contributed by atoms with van der Waals surface area (Å²) in [5, 5.41) is 13.3. The molecule has 7 heteroatoms. The minimum atomic E-state index is -0.776. The maximum absolute atomic E-state index is 12.8. The van der Waals surface area contributed by atoms with E-state index in [1.54, 1.807) is 6.20 Å². The SMILES string of the molecule is CC(CC(=O)O)N1CCN(C(=O)c2ccnn2C2CCCC2)CC1. The Hall–Kier alpha value is -1.89. The number of nitrogens with zero attached hydrogens (tertiary/aromatic N) is 4. The van der Waals surface area contributed by atoms with Crippen molar-refractivity contribution < 1.29 is 14.7 Å². The number of aromatic nitrogens is 2. The molecule has 1 aliphatic carbocycles. The molecule has 1 aliphatic heterocycles. The second-order valence-corrected chi connectivity index (χ2v) is 6.87. The normalized spacial score (nSPS) is 21.1. The highest BCUT2D eigenvalue weighted by Crippen LogP contribution is 2.30. The van der Waals surface area contributed by atoms with Gasteiger partial charge in [0, 0.05) is 38.4 Å². The van der Waals surface area contributed by atoms with E-state index in [1.165, 1.54) is 12.8 Å². The Kier molecular flexibility index (Phi) is 5.18. The first kappa shape index (κ1) is 17.0. The molecule has 0 aromatic carbocycles. The van der Waals surface area contributed by atoms with Gasteiger partial charge in [-0.25, -0.2) is 0 Å². The van der Waals surface area contributed by atoms with Gasteiger partial charge in [-0.05, 0) is 25.8 Å². The number of carboxylic acid groups (broad SMARTS) is 1. The third-order valence-corrected chi connectivity index (χ3v) is 5.25. The van der Waals surface area contributed by atoms with Crippen LogP contribution in [0.5, 0.6) is 0 Å². The van der Waals surface area contributed by atoms with Crippen LogP contribution in [0.15, 0.2) is 12.3 Å². The van der Waals surface area contributed by atoms with E-state index in [0.717, 1.165) is 25.9 Å². The van der Waals surface area contributed by atoms with Crippen LogP contribution in [-0.2, 0) is 4.79 Å². The topological polar surface area (TPSA) is 78.7 Å². The van der Waals surface area contributed by atoms with E-state index in [-0.39, 0.29) is 18.4 Å². The van der Waals surface area contributed by atoms with Gasteiger partial charge in [0.1, 0.15) is 5.69 Å². The Labute approximate surface area is 142 Å². The molecule has 1 atom stereocenters. The average molecular weight is 334 g/mol. The van der Waals surface area contributed by atoms with Crippen molar-refractivity contribution in [2.45, 2.75) is 51.1 Å². The maximum Gasteiger partial charge on any atom is 0.304 e. The van der Waals surface area contributed by atoms with Crippen molar-refractivity contribution in [3.8, 4) is 0 Å². The van der Waals surface area contributed by atoms with Gasteiger partial charge >= 0.3 is 5.97 Å². The van der Waals surface area contributed by atoms with E-state index >= 15 is 0 Å². The van der Waals surface area contributed by atoms with Gasteiger partial charge in [0.05, 0.1) is 12.5 Å². The van der Waals surface area contributed by atoms with Gasteiger partial charge in [0.25, 0.3) is 5.91 Å². The summed E-state index contributed by atoms with van der Waals surface area (Å²) in [4.78, 5) is 27.7. The number of carbonyl (C=O) groups excluding carboxylic acids is 1. The summed E-state index contributed by atoms with van der Waals surface area (Å²) in [6, 6.07) is 2.18. The number of carbonyl (C=O) groups is 2. The largest absolute Gasteiger partial charge is 0.481 e. The monoisotopic (exact) mass is 334 g/mol. The smallest absolute Gasteiger partial charge is 0.304 e. The summed E-state index contributed by atoms with van der Waals surface area (Å²) in [6.07, 6.45) is 6.47. The van der Waals surface area contributed by atoms with E-state index in [0.29, 0.717) is 24.8 Å². The highest BCUT2D eigenvalue weighted by molar-refractivity contribution is 5.92. The molecule has 1 unspecified atom stereocenters. The summed E-state index contributed by atoms with van der Waals surface area (Å²) >= 11 is 0. The number of hydrogen-bond donors (Lipinski definition) is 1. The Morgan fingerprint density at radius 2 is 1.92 bits per heavy atom. The van der Waals surface area contributed by atoms with Crippen molar-refractivity contribution in [2.24, 2.45) is 0 Å². The zero-order chi connectivity index (χ0) is 17.1. The first-order valence-electron chi connectivity index (χ1n) is 8.85. The number of aliphatic carboxylic acids is 1. The molecule has 0 radical (unpaired) electrons. The average Bonchev–Trinajstić information content (AvgIpc) is 3.24. The van der Waals surface area contributed by atoms with Crippen LogP contribution in [0.3, 0.4) is 0 Å². The van der Waals surface area contributed by atoms with Crippen LogP contribution < -0.4 is 0 Å². The van der Waals surface area contributed by atoms with Crippen LogP contribution in [0.1, 0.15) is 55.6 Å². The molecule has 132 valence electrons. The standard InChI is InChI=1S/C17H26N4O3/c1-13(12-16(22)23)19-8-10-20(11-9-19)17(24)15-6-7-18-21(15)14-4-2-3-5-14/h6-7,13-14H,2-5,8-12H2,1H3,(H,22,23). The van der Waals surface area contributed by atoms with Gasteiger partial charge in [0.15, 0.2) is 0 Å². The van der Waals surface area contributed by atoms with Crippen LogP contribution in [0.2, 0.25) is 0 Å². The number of piperazine rings is 1. The van der Waals surface area contributed by atoms with Crippen molar-refractivity contribution in [3.05, 3.63) is 18.0 Å². The zero-order valence-electron chi connectivity index (χ0n) is 14.2. The zero-order valence-corrected chi connectivity index (χ0v) is 14.2. The molecule has 1 amide bonds. The predicted octanol–water partition coefficient (Wildman–Crippen LogP) is 1.62. The lowest BCUT2D eigenvalue weighted by atomic mass is 10.1. The molecule has 1 aromatic rings. The minimum absolute atomic E-state index is 0.00349. The second kappa shape index (κ2) is 7.34. The minimum Gasteiger partial charge on any atom is -0.481 e. The maximum atomic E-state index is 12.8. The van der Waals surface area contributed by atoms with Gasteiger partial charge in [0.2, 0.25) is 0 Å². The van der Waals surface area contributed by atoms with Crippen molar-refractivity contribution in [1.82, 2.24) is 19.6 Å². The van der Waals surface area contributed by atoms with E-state index < -0.39 is 5.97 Å². The lowest BCUT2D eigenvalue weighted by Crippen LogP contribution is -2.52. The third kappa shape index (κ3) is 3.61. The van der Waals surface area contributed by atoms with E-state index in [2.05, 4.69) is 10.00 Å². The highest BCUT2D eigenvalue weighted by Gasteiger charge is 2.29. The fraction of sp³-hybridized carbons (Fsp3) is 0.706. The van der Waals surface area contributed by atoms with Gasteiger partial charge in [-0.1, -0.05) is 12.8 Å². The number of carboxylic acids is 1. The molecular formula is C17H26N4O3. The number of rotatable bonds is 5. The molecule has 1 N–H and O–H groups in total. The van der Waals surface area contributed by atoms with Gasteiger partial charge in [-0.3, -0.25) is 19.2 Å². The van der Waals surface area contributed by atoms with Gasteiger partial charge < -0.3 is 10.0 Å². The van der Waals surface area contributed by atoms with Crippen LogP contribution in [0.25, 0.3) is 0 Å². The first-order valence-corrected chi connectivity index (χ1v) is 8.85. The molecule has 1 aromatic heterocycles. The molecular weight excluding hydrogens is 308 g/mol. The molecule has 3 rings (SSSR count). The second-order valence-electron chi connectivity index (χ2n) is 6.87. The van der Waals surface area contributed by atoms with Crippen molar-refractivity contribution in [1.29, 1.82) is 0 Å². The summed E-state index contributed by atoms with van der Waals surface area (Å²) in [7, 11) is 0. The molecule has 7 nitrogen and oxygen atoms in total. The molecule has 2 fully saturated rings. The Balaban J connectivity index is 1.60. The van der Waals surface area contributed by atoms with Gasteiger partial charge in [-0.15, -0.1) is 0 Å². The molecule has 0 spiro atoms. The van der Waals surface area contributed by atoms with E-state index in [4.69, 9.17) is 5.11 Å². The Bertz CT molecular complexity index is 586. The quantitative estimate of drug-likeness (QED) is 0.885. The van der Waals surface area contributed by atoms with Crippen LogP contribution >= 0.6 is 0 Å². The lowest BCUT2D eigenvalue weighted by molar-refractivity contribution is -0.138. The van der Waals surface area contributed by atoms with Crippen molar-refractivity contribution >= 4 is 11.9 Å². The molecule has 1 saturated carbocycles. The fourth-order valence-electron chi connectivity index (χ4n) is 3.83. The number of hydrogen-bond acceptors (Lipinski definition) is 4. The highest BCUT2D eigenvalue weighted by atomic mass is 16.4. The predicted molar refractivity (Wildman–Crippen MR) is 88.9 cm³/mol. The molecule has 2 aliphatic rings. The third-order valence-electron chi connectivity index (χ3n) is 5.25. The van der Waals surface area contributed by atoms with Crippen molar-refractivity contribution in [3.63, 3.8) is 0 Å². The molecule has 0 bridgehead atoms. The van der Waals surface area contributed by atoms with E-state index in [1.807, 2.05) is 22.6 Å². The van der Waals surface area contributed by atoms with Crippen LogP contribution in [0.4, 0.5) is 0 Å². The molecule has 1 saturated heterocycles. The lowest BCUT2D eigenvalue weighted by Gasteiger charge is -2.37. The summed E-state index contributed by atoms with van der Waals surface area (Å²) in [5.74, 6) is -0.730. The number of amides is 1. The van der Waals surface area contributed by atoms with Crippen LogP contribution in [0, 0.1) is 0 Å². The Morgan fingerprint density at radius 1 is 1.25 bits per heavy atom. The fourth-order valence-corrected chi connectivity index (χ4v) is 3.83. The summed E-state index contributed by atoms with van der Waals surface area (Å²) in [6.45, 7) is 4.65. The van der Waals surface area contributed by atoms with Gasteiger partial charge in [-0.2, -0.15) is 5.10 Å². The first-order chi connectivity index (χ1) is 11.6. The molecule has 2 heterocycles. The molecule has 24 heavy (non-hydrogen) atoms. The van der Waals surface area contributed by atoms with Crippen molar-refractivity contribution in [2.75, 3.05) is 26.2 Å².